The monoisotopic (exact) mass is 496 g/mol. The van der Waals surface area contributed by atoms with E-state index in [-0.39, 0.29) is 17.5 Å². The van der Waals surface area contributed by atoms with E-state index in [4.69, 9.17) is 21.7 Å². The molecule has 1 aromatic carbocycles. The van der Waals surface area contributed by atoms with Gasteiger partial charge in [-0.25, -0.2) is 4.98 Å². The number of ether oxygens (including phenoxy) is 2. The van der Waals surface area contributed by atoms with Crippen LogP contribution < -0.4 is 14.5 Å². The van der Waals surface area contributed by atoms with E-state index in [1.807, 2.05) is 32.9 Å². The van der Waals surface area contributed by atoms with Gasteiger partial charge in [-0.15, -0.1) is 0 Å². The molecule has 3 aromatic rings. The number of aromatic nitrogens is 2. The summed E-state index contributed by atoms with van der Waals surface area (Å²) in [5, 5.41) is 12.3. The van der Waals surface area contributed by atoms with Crippen molar-refractivity contribution in [3.63, 3.8) is 0 Å². The summed E-state index contributed by atoms with van der Waals surface area (Å²) in [6.45, 7) is 6.07. The van der Waals surface area contributed by atoms with Gasteiger partial charge in [0.1, 0.15) is 6.20 Å². The van der Waals surface area contributed by atoms with E-state index in [0.717, 1.165) is 23.1 Å². The van der Waals surface area contributed by atoms with Crippen LogP contribution in [0.2, 0.25) is 0 Å². The number of hydrogen-bond donors (Lipinski definition) is 0. The molecule has 0 aliphatic carbocycles. The van der Waals surface area contributed by atoms with Crippen molar-refractivity contribution in [2.75, 3.05) is 11.6 Å². The molecule has 1 saturated heterocycles. The molecule has 0 saturated carbocycles. The number of carbonyl (C=O) groups is 1. The number of pyridine rings is 1. The van der Waals surface area contributed by atoms with E-state index in [1.54, 1.807) is 29.0 Å². The highest BCUT2D eigenvalue weighted by Gasteiger charge is 2.34. The zero-order valence-electron chi connectivity index (χ0n) is 18.5. The highest BCUT2D eigenvalue weighted by Crippen LogP contribution is 2.36. The molecule has 1 amide bonds. The Hall–Kier alpha value is -3.70. The van der Waals surface area contributed by atoms with Gasteiger partial charge in [-0.05, 0) is 68.9 Å². The first-order valence-electron chi connectivity index (χ1n) is 10.3. The molecule has 34 heavy (non-hydrogen) atoms. The first-order valence-corrected chi connectivity index (χ1v) is 11.5. The normalized spacial score (nSPS) is 14.7. The molecule has 174 valence electrons. The number of rotatable bonds is 7. The molecule has 1 aliphatic heterocycles. The lowest BCUT2D eigenvalue weighted by Crippen LogP contribution is -2.39. The molecule has 0 radical (unpaired) electrons. The summed E-state index contributed by atoms with van der Waals surface area (Å²) in [7, 11) is 0. The minimum atomic E-state index is -0.529. The molecule has 1 aliphatic rings. The minimum absolute atomic E-state index is 0.129. The van der Waals surface area contributed by atoms with Gasteiger partial charge in [0, 0.05) is 23.5 Å². The van der Waals surface area contributed by atoms with E-state index in [9.17, 15) is 14.9 Å². The van der Waals surface area contributed by atoms with Crippen LogP contribution in [0.1, 0.15) is 23.9 Å². The van der Waals surface area contributed by atoms with E-state index in [0.29, 0.717) is 27.3 Å². The third-order valence-electron chi connectivity index (χ3n) is 4.92. The maximum Gasteiger partial charge on any atom is 0.287 e. The summed E-state index contributed by atoms with van der Waals surface area (Å²) in [4.78, 5) is 27.9. The van der Waals surface area contributed by atoms with Gasteiger partial charge in [0.2, 0.25) is 5.88 Å². The van der Waals surface area contributed by atoms with Crippen LogP contribution in [0.3, 0.4) is 0 Å². The van der Waals surface area contributed by atoms with Crippen LogP contribution in [0.25, 0.3) is 6.08 Å². The fraction of sp³-hybridized carbons (Fsp3) is 0.174. The number of nitrogens with zero attached hydrogens (tertiary/aromatic N) is 4. The zero-order chi connectivity index (χ0) is 24.4. The average Bonchev–Trinajstić information content (AvgIpc) is 3.27. The van der Waals surface area contributed by atoms with Gasteiger partial charge in [-0.3, -0.25) is 19.6 Å². The van der Waals surface area contributed by atoms with Gasteiger partial charge in [-0.1, -0.05) is 17.8 Å². The van der Waals surface area contributed by atoms with Crippen LogP contribution in [-0.2, 0) is 4.79 Å². The van der Waals surface area contributed by atoms with Crippen molar-refractivity contribution in [1.29, 1.82) is 0 Å². The first kappa shape index (κ1) is 23.5. The fourth-order valence-corrected chi connectivity index (χ4v) is 4.62. The summed E-state index contributed by atoms with van der Waals surface area (Å²) >= 11 is 6.71. The topological polar surface area (TPSA) is 99.7 Å². The van der Waals surface area contributed by atoms with Crippen LogP contribution in [0.5, 0.6) is 17.4 Å². The number of amides is 1. The molecule has 3 heterocycles. The lowest BCUT2D eigenvalue weighted by atomic mass is 10.2. The smallest absolute Gasteiger partial charge is 0.287 e. The van der Waals surface area contributed by atoms with Gasteiger partial charge in [-0.2, -0.15) is 5.01 Å². The molecular formula is C23H20N4O5S2. The van der Waals surface area contributed by atoms with Gasteiger partial charge < -0.3 is 9.47 Å². The highest BCUT2D eigenvalue weighted by atomic mass is 32.2. The van der Waals surface area contributed by atoms with Gasteiger partial charge >= 0.3 is 0 Å². The van der Waals surface area contributed by atoms with Crippen molar-refractivity contribution < 1.29 is 19.2 Å². The second-order valence-electron chi connectivity index (χ2n) is 7.27. The Morgan fingerprint density at radius 2 is 1.88 bits per heavy atom. The number of hydrogen-bond acceptors (Lipinski definition) is 8. The molecule has 0 atom stereocenters. The van der Waals surface area contributed by atoms with Gasteiger partial charge in [0.25, 0.3) is 11.6 Å². The van der Waals surface area contributed by atoms with Crippen molar-refractivity contribution in [3.05, 3.63) is 80.6 Å². The first-order chi connectivity index (χ1) is 16.3. The Bertz CT molecular complexity index is 1300. The lowest BCUT2D eigenvalue weighted by molar-refractivity contribution is -0.385. The predicted molar refractivity (Wildman–Crippen MR) is 134 cm³/mol. The van der Waals surface area contributed by atoms with E-state index >= 15 is 0 Å². The van der Waals surface area contributed by atoms with Crippen molar-refractivity contribution in [3.8, 4) is 17.4 Å². The molecule has 0 bridgehead atoms. The summed E-state index contributed by atoms with van der Waals surface area (Å²) in [5.74, 6) is 0.832. The Balaban J connectivity index is 1.60. The maximum absolute atomic E-state index is 13.1. The standard InChI is InChI=1S/C23H20N4O5S2/c1-4-31-19-11-16(7-9-18(19)32-21-10-8-17(13-24-21)27(29)30)12-20-22(28)26(23(33)34-20)25-14(2)5-6-15(25)3/h5-13H,4H2,1-3H3/b20-12-. The Morgan fingerprint density at radius 1 is 1.15 bits per heavy atom. The number of thioether (sulfide) groups is 1. The molecular weight excluding hydrogens is 476 g/mol. The molecule has 2 aromatic heterocycles. The fourth-order valence-electron chi connectivity index (χ4n) is 3.38. The summed E-state index contributed by atoms with van der Waals surface area (Å²) in [5.41, 5.74) is 2.43. The van der Waals surface area contributed by atoms with E-state index < -0.39 is 4.92 Å². The number of nitro groups is 1. The minimum Gasteiger partial charge on any atom is -0.490 e. The third-order valence-corrected chi connectivity index (χ3v) is 6.20. The number of aryl methyl sites for hydroxylation is 2. The van der Waals surface area contributed by atoms with Gasteiger partial charge in [0.05, 0.1) is 16.4 Å². The quantitative estimate of drug-likeness (QED) is 0.192. The van der Waals surface area contributed by atoms with Crippen LogP contribution >= 0.6 is 24.0 Å². The van der Waals surface area contributed by atoms with Gasteiger partial charge in [0.15, 0.2) is 15.8 Å². The largest absolute Gasteiger partial charge is 0.490 e. The van der Waals surface area contributed by atoms with Crippen LogP contribution in [0.15, 0.2) is 53.6 Å². The van der Waals surface area contributed by atoms with E-state index in [2.05, 4.69) is 4.98 Å². The zero-order valence-corrected chi connectivity index (χ0v) is 20.2. The number of benzene rings is 1. The molecule has 4 rings (SSSR count). The SMILES string of the molecule is CCOc1cc(/C=C2\SC(=S)N(n3c(C)ccc3C)C2=O)ccc1Oc1ccc([N+](=O)[O-])cn1. The molecule has 0 spiro atoms. The number of carbonyl (C=O) groups excluding carboxylic acids is 1. The summed E-state index contributed by atoms with van der Waals surface area (Å²) < 4.78 is 13.7. The lowest BCUT2D eigenvalue weighted by Gasteiger charge is -2.20. The van der Waals surface area contributed by atoms with Crippen LogP contribution in [0, 0.1) is 24.0 Å². The molecule has 1 fully saturated rings. The van der Waals surface area contributed by atoms with Crippen molar-refractivity contribution >= 4 is 46.0 Å². The Morgan fingerprint density at radius 3 is 2.50 bits per heavy atom. The number of thiocarbonyl (C=S) groups is 1. The maximum atomic E-state index is 13.1. The van der Waals surface area contributed by atoms with Crippen LogP contribution in [-0.4, -0.2) is 31.4 Å². The highest BCUT2D eigenvalue weighted by molar-refractivity contribution is 8.27. The van der Waals surface area contributed by atoms with Crippen molar-refractivity contribution in [2.45, 2.75) is 20.8 Å². The molecule has 9 nitrogen and oxygen atoms in total. The summed E-state index contributed by atoms with van der Waals surface area (Å²) in [6.07, 6.45) is 2.88. The second kappa shape index (κ2) is 9.65. The van der Waals surface area contributed by atoms with E-state index in [1.165, 1.54) is 28.9 Å². The van der Waals surface area contributed by atoms with Crippen molar-refractivity contribution in [2.24, 2.45) is 0 Å². The predicted octanol–water partition coefficient (Wildman–Crippen LogP) is 5.14. The Kier molecular flexibility index (Phi) is 6.66. The third kappa shape index (κ3) is 4.66. The second-order valence-corrected chi connectivity index (χ2v) is 8.95. The molecule has 11 heteroatoms. The van der Waals surface area contributed by atoms with Crippen LogP contribution in [0.4, 0.5) is 5.69 Å². The molecule has 0 unspecified atom stereocenters. The molecule has 0 N–H and O–H groups in total. The average molecular weight is 497 g/mol. The summed E-state index contributed by atoms with van der Waals surface area (Å²) in [6, 6.07) is 11.8. The van der Waals surface area contributed by atoms with Crippen molar-refractivity contribution in [1.82, 2.24) is 9.66 Å². The Labute approximate surface area is 205 Å².